The third-order valence-electron chi connectivity index (χ3n) is 4.58. The molecule has 0 spiro atoms. The number of H-pyrrole nitrogens is 1. The lowest BCUT2D eigenvalue weighted by Crippen LogP contribution is -2.32. The van der Waals surface area contributed by atoms with Crippen LogP contribution in [0.5, 0.6) is 0 Å². The van der Waals surface area contributed by atoms with Crippen LogP contribution in [0.15, 0.2) is 29.2 Å². The van der Waals surface area contributed by atoms with Crippen LogP contribution in [-0.2, 0) is 17.8 Å². The maximum Gasteiger partial charge on any atom is 0.328 e. The number of benzene rings is 1. The fraction of sp³-hybridized carbons (Fsp3) is 0.350. The fourth-order valence-corrected chi connectivity index (χ4v) is 3.22. The summed E-state index contributed by atoms with van der Waals surface area (Å²) in [5, 5.41) is 2.77. The van der Waals surface area contributed by atoms with Crippen molar-refractivity contribution >= 4 is 17.1 Å². The molecular formula is C20H22F2N4O2. The molecule has 0 saturated heterocycles. The summed E-state index contributed by atoms with van der Waals surface area (Å²) in [6.07, 6.45) is 3.81. The zero-order valence-corrected chi connectivity index (χ0v) is 15.8. The number of rotatable bonds is 7. The number of carbonyl (C=O) groups is 1. The number of nitrogens with one attached hydrogen (secondary N) is 2. The van der Waals surface area contributed by atoms with Crippen LogP contribution in [0.4, 0.5) is 8.78 Å². The Morgan fingerprint density at radius 3 is 2.57 bits per heavy atom. The first-order valence-electron chi connectivity index (χ1n) is 9.28. The Morgan fingerprint density at radius 2 is 1.93 bits per heavy atom. The van der Waals surface area contributed by atoms with Crippen molar-refractivity contribution in [3.8, 4) is 11.1 Å². The quantitative estimate of drug-likeness (QED) is 0.610. The van der Waals surface area contributed by atoms with Crippen molar-refractivity contribution in [1.82, 2.24) is 19.9 Å². The van der Waals surface area contributed by atoms with Gasteiger partial charge in [-0.1, -0.05) is 20.3 Å². The second-order valence-electron chi connectivity index (χ2n) is 6.58. The van der Waals surface area contributed by atoms with Gasteiger partial charge in [0, 0.05) is 24.4 Å². The van der Waals surface area contributed by atoms with Crippen molar-refractivity contribution in [1.29, 1.82) is 0 Å². The highest BCUT2D eigenvalue weighted by Gasteiger charge is 2.18. The van der Waals surface area contributed by atoms with Gasteiger partial charge in [-0.2, -0.15) is 0 Å². The van der Waals surface area contributed by atoms with Crippen LogP contribution in [0.2, 0.25) is 0 Å². The third kappa shape index (κ3) is 3.95. The minimum atomic E-state index is -0.688. The van der Waals surface area contributed by atoms with Crippen LogP contribution >= 0.6 is 0 Å². The number of fused-ring (bicyclic) bond motifs is 1. The molecule has 0 unspecified atom stereocenters. The highest BCUT2D eigenvalue weighted by Crippen LogP contribution is 2.29. The number of halogens is 2. The van der Waals surface area contributed by atoms with Gasteiger partial charge in [-0.3, -0.25) is 9.36 Å². The number of aryl methyl sites for hydroxylation is 1. The molecule has 28 heavy (non-hydrogen) atoms. The summed E-state index contributed by atoms with van der Waals surface area (Å²) in [6, 6.07) is 3.25. The molecule has 0 atom stereocenters. The predicted octanol–water partition coefficient (Wildman–Crippen LogP) is 3.15. The first-order valence-corrected chi connectivity index (χ1v) is 9.28. The lowest BCUT2D eigenvalue weighted by Gasteiger charge is -2.10. The van der Waals surface area contributed by atoms with E-state index in [0.717, 1.165) is 18.9 Å². The fourth-order valence-electron chi connectivity index (χ4n) is 3.22. The van der Waals surface area contributed by atoms with E-state index in [4.69, 9.17) is 0 Å². The van der Waals surface area contributed by atoms with Gasteiger partial charge in [-0.15, -0.1) is 0 Å². The number of imidazole rings is 1. The number of hydrogen-bond acceptors (Lipinski definition) is 3. The lowest BCUT2D eigenvalue weighted by atomic mass is 9.99. The van der Waals surface area contributed by atoms with Crippen LogP contribution in [-0.4, -0.2) is 27.0 Å². The van der Waals surface area contributed by atoms with Crippen molar-refractivity contribution in [3.63, 3.8) is 0 Å². The Hall–Kier alpha value is -3.03. The zero-order chi connectivity index (χ0) is 20.3. The molecule has 3 aromatic rings. The van der Waals surface area contributed by atoms with E-state index in [1.165, 1.54) is 22.9 Å². The first-order chi connectivity index (χ1) is 13.4. The molecule has 0 bridgehead atoms. The van der Waals surface area contributed by atoms with Crippen LogP contribution in [0.1, 0.15) is 32.3 Å². The van der Waals surface area contributed by atoms with Gasteiger partial charge in [-0.05, 0) is 36.1 Å². The number of nitrogens with zero attached hydrogens (tertiary/aromatic N) is 2. The first kappa shape index (κ1) is 19.7. The summed E-state index contributed by atoms with van der Waals surface area (Å²) in [5.74, 6) is -1.65. The van der Waals surface area contributed by atoms with E-state index >= 15 is 0 Å². The van der Waals surface area contributed by atoms with Crippen LogP contribution < -0.4 is 11.0 Å². The number of hydrogen-bond donors (Lipinski definition) is 2. The van der Waals surface area contributed by atoms with E-state index in [9.17, 15) is 18.4 Å². The molecule has 1 amide bonds. The molecule has 148 valence electrons. The minimum Gasteiger partial charge on any atom is -0.355 e. The standard InChI is InChI=1S/C20H22F2N4O2/c1-3-5-6-23-17(27)11-26-19-18(25-20(26)28)15(4-2)16(10-24-19)12-7-13(21)9-14(22)8-12/h7-10H,3-6,11H2,1-2H3,(H,23,27)(H,25,28). The minimum absolute atomic E-state index is 0.146. The molecule has 2 aromatic heterocycles. The van der Waals surface area contributed by atoms with Gasteiger partial charge in [0.25, 0.3) is 0 Å². The summed E-state index contributed by atoms with van der Waals surface area (Å²) in [6.45, 7) is 4.30. The van der Waals surface area contributed by atoms with Gasteiger partial charge in [0.1, 0.15) is 18.2 Å². The van der Waals surface area contributed by atoms with Crippen LogP contribution in [0.25, 0.3) is 22.3 Å². The summed E-state index contributed by atoms with van der Waals surface area (Å²) in [7, 11) is 0. The number of amides is 1. The molecular weight excluding hydrogens is 366 g/mol. The molecule has 0 aliphatic rings. The molecule has 2 N–H and O–H groups in total. The smallest absolute Gasteiger partial charge is 0.328 e. The SMILES string of the molecule is CCCCNC(=O)Cn1c(=O)[nH]c2c(CC)c(-c3cc(F)cc(F)c3)cnc21. The monoisotopic (exact) mass is 388 g/mol. The summed E-state index contributed by atoms with van der Waals surface area (Å²) >= 11 is 0. The molecule has 0 fully saturated rings. The normalized spacial score (nSPS) is 11.1. The van der Waals surface area contributed by atoms with Crippen molar-refractivity contribution < 1.29 is 13.6 Å². The van der Waals surface area contributed by atoms with E-state index in [2.05, 4.69) is 15.3 Å². The van der Waals surface area contributed by atoms with Crippen LogP contribution in [0, 0.1) is 11.6 Å². The summed E-state index contributed by atoms with van der Waals surface area (Å²) in [5.41, 5.74) is 1.94. The molecule has 0 aliphatic carbocycles. The third-order valence-corrected chi connectivity index (χ3v) is 4.58. The van der Waals surface area contributed by atoms with E-state index < -0.39 is 17.3 Å². The number of aromatic nitrogens is 3. The average Bonchev–Trinajstić information content (AvgIpc) is 2.96. The molecule has 0 radical (unpaired) electrons. The Morgan fingerprint density at radius 1 is 1.21 bits per heavy atom. The number of unbranched alkanes of at least 4 members (excludes halogenated alkanes) is 1. The Balaban J connectivity index is 2.03. The predicted molar refractivity (Wildman–Crippen MR) is 103 cm³/mol. The van der Waals surface area contributed by atoms with Gasteiger partial charge in [0.05, 0.1) is 5.52 Å². The molecule has 0 aliphatic heterocycles. The van der Waals surface area contributed by atoms with Crippen molar-refractivity contribution in [2.24, 2.45) is 0 Å². The highest BCUT2D eigenvalue weighted by atomic mass is 19.1. The van der Waals surface area contributed by atoms with E-state index in [1.54, 1.807) is 0 Å². The lowest BCUT2D eigenvalue weighted by molar-refractivity contribution is -0.121. The number of pyridine rings is 1. The molecule has 3 rings (SSSR count). The van der Waals surface area contributed by atoms with Gasteiger partial charge >= 0.3 is 5.69 Å². The Labute approximate surface area is 160 Å². The highest BCUT2D eigenvalue weighted by molar-refractivity contribution is 5.85. The number of carbonyl (C=O) groups excluding carboxylic acids is 1. The maximum atomic E-state index is 13.6. The van der Waals surface area contributed by atoms with E-state index in [-0.39, 0.29) is 12.5 Å². The second-order valence-corrected chi connectivity index (χ2v) is 6.58. The summed E-state index contributed by atoms with van der Waals surface area (Å²) in [4.78, 5) is 31.5. The van der Waals surface area contributed by atoms with Crippen LogP contribution in [0.3, 0.4) is 0 Å². The second kappa shape index (κ2) is 8.33. The van der Waals surface area contributed by atoms with Crippen molar-refractivity contribution in [2.75, 3.05) is 6.54 Å². The van der Waals surface area contributed by atoms with Gasteiger partial charge < -0.3 is 10.3 Å². The van der Waals surface area contributed by atoms with E-state index in [1.807, 2.05) is 13.8 Å². The largest absolute Gasteiger partial charge is 0.355 e. The maximum absolute atomic E-state index is 13.6. The van der Waals surface area contributed by atoms with Gasteiger partial charge in [0.15, 0.2) is 5.65 Å². The van der Waals surface area contributed by atoms with Crippen molar-refractivity contribution in [3.05, 3.63) is 52.1 Å². The zero-order valence-electron chi connectivity index (χ0n) is 15.8. The molecule has 6 nitrogen and oxygen atoms in total. The number of aromatic amines is 1. The van der Waals surface area contributed by atoms with Gasteiger partial charge in [0.2, 0.25) is 5.91 Å². The molecule has 0 saturated carbocycles. The molecule has 2 heterocycles. The molecule has 8 heteroatoms. The van der Waals surface area contributed by atoms with E-state index in [0.29, 0.717) is 40.8 Å². The van der Waals surface area contributed by atoms with Crippen molar-refractivity contribution in [2.45, 2.75) is 39.7 Å². The topological polar surface area (TPSA) is 79.8 Å². The molecule has 1 aromatic carbocycles. The van der Waals surface area contributed by atoms with Gasteiger partial charge in [-0.25, -0.2) is 18.6 Å². The average molecular weight is 388 g/mol. The Bertz CT molecular complexity index is 1050. The summed E-state index contributed by atoms with van der Waals surface area (Å²) < 4.78 is 28.5. The Kier molecular flexibility index (Phi) is 5.87.